The third kappa shape index (κ3) is 2.10. The summed E-state index contributed by atoms with van der Waals surface area (Å²) >= 11 is 0. The van der Waals surface area contributed by atoms with Gasteiger partial charge in [-0.15, -0.1) is 0 Å². The maximum absolute atomic E-state index is 6.06. The fraction of sp³-hybridized carbons (Fsp3) is 0.529. The second-order valence-electron chi connectivity index (χ2n) is 5.95. The molecule has 3 nitrogen and oxygen atoms in total. The summed E-state index contributed by atoms with van der Waals surface area (Å²) in [4.78, 5) is 0. The van der Waals surface area contributed by atoms with Crippen molar-refractivity contribution in [2.45, 2.75) is 33.6 Å². The van der Waals surface area contributed by atoms with Gasteiger partial charge in [0.05, 0.1) is 12.6 Å². The van der Waals surface area contributed by atoms with Gasteiger partial charge in [-0.05, 0) is 43.5 Å². The number of methoxy groups -OCH3 is 1. The predicted molar refractivity (Wildman–Crippen MR) is 85.6 cm³/mol. The van der Waals surface area contributed by atoms with Crippen LogP contribution in [-0.4, -0.2) is 18.2 Å². The van der Waals surface area contributed by atoms with Crippen molar-refractivity contribution in [2.75, 3.05) is 13.7 Å². The van der Waals surface area contributed by atoms with E-state index in [2.05, 4.69) is 45.4 Å². The maximum Gasteiger partial charge on any atom is 0.143 e. The normalized spacial score (nSPS) is 13.2. The molecule has 0 radical (unpaired) electrons. The summed E-state index contributed by atoms with van der Waals surface area (Å²) in [6.45, 7) is 9.50. The number of benzene rings is 1. The second-order valence-corrected chi connectivity index (χ2v) is 5.95. The summed E-state index contributed by atoms with van der Waals surface area (Å²) in [5, 5.41) is 1.31. The van der Waals surface area contributed by atoms with Crippen LogP contribution < -0.4 is 10.5 Å². The Bertz CT molecular complexity index is 626. The summed E-state index contributed by atoms with van der Waals surface area (Å²) < 4.78 is 7.79. The van der Waals surface area contributed by atoms with Crippen LogP contribution in [0.2, 0.25) is 0 Å². The van der Waals surface area contributed by atoms with E-state index in [1.165, 1.54) is 27.7 Å². The average Bonchev–Trinajstić information content (AvgIpc) is 2.67. The lowest BCUT2D eigenvalue weighted by atomic mass is 9.86. The number of hydrogen-bond donors (Lipinski definition) is 1. The van der Waals surface area contributed by atoms with Gasteiger partial charge in [0.15, 0.2) is 0 Å². The van der Waals surface area contributed by atoms with Gasteiger partial charge in [0.25, 0.3) is 0 Å². The molecule has 110 valence electrons. The molecule has 1 heterocycles. The van der Waals surface area contributed by atoms with Crippen LogP contribution in [0, 0.1) is 19.8 Å². The highest BCUT2D eigenvalue weighted by atomic mass is 16.5. The summed E-state index contributed by atoms with van der Waals surface area (Å²) in [5.74, 6) is 1.83. The van der Waals surface area contributed by atoms with Crippen LogP contribution in [0.5, 0.6) is 5.75 Å². The highest BCUT2D eigenvalue weighted by Gasteiger charge is 2.24. The van der Waals surface area contributed by atoms with Gasteiger partial charge in [-0.2, -0.15) is 0 Å². The molecule has 0 saturated carbocycles. The molecule has 0 saturated heterocycles. The zero-order valence-corrected chi connectivity index (χ0v) is 13.4. The molecule has 0 aliphatic rings. The molecule has 0 amide bonds. The molecule has 1 aromatic heterocycles. The van der Waals surface area contributed by atoms with Crippen LogP contribution in [0.3, 0.4) is 0 Å². The molecule has 1 aromatic carbocycles. The van der Waals surface area contributed by atoms with Crippen LogP contribution in [0.25, 0.3) is 10.9 Å². The van der Waals surface area contributed by atoms with Gasteiger partial charge in [0, 0.05) is 24.0 Å². The quantitative estimate of drug-likeness (QED) is 0.927. The van der Waals surface area contributed by atoms with Gasteiger partial charge >= 0.3 is 0 Å². The minimum atomic E-state index is 0.379. The first-order valence-electron chi connectivity index (χ1n) is 7.26. The van der Waals surface area contributed by atoms with Crippen LogP contribution in [0.15, 0.2) is 12.1 Å². The number of nitrogens with zero attached hydrogens (tertiary/aromatic N) is 1. The minimum absolute atomic E-state index is 0.379. The zero-order valence-electron chi connectivity index (χ0n) is 13.4. The topological polar surface area (TPSA) is 40.2 Å². The molecule has 0 fully saturated rings. The fourth-order valence-electron chi connectivity index (χ4n) is 3.22. The number of rotatable bonds is 4. The van der Waals surface area contributed by atoms with E-state index in [1.54, 1.807) is 7.11 Å². The van der Waals surface area contributed by atoms with Crippen LogP contribution in [0.4, 0.5) is 0 Å². The molecule has 0 spiro atoms. The highest BCUT2D eigenvalue weighted by Crippen LogP contribution is 2.39. The first kappa shape index (κ1) is 14.9. The molecular weight excluding hydrogens is 248 g/mol. The zero-order chi connectivity index (χ0) is 15.0. The van der Waals surface area contributed by atoms with Gasteiger partial charge in [-0.3, -0.25) is 0 Å². The lowest BCUT2D eigenvalue weighted by molar-refractivity contribution is 0.417. The van der Waals surface area contributed by atoms with Gasteiger partial charge < -0.3 is 15.0 Å². The fourth-order valence-corrected chi connectivity index (χ4v) is 3.22. The maximum atomic E-state index is 6.06. The second kappa shape index (κ2) is 5.49. The number of hydrogen-bond acceptors (Lipinski definition) is 2. The van der Waals surface area contributed by atoms with Crippen LogP contribution >= 0.6 is 0 Å². The third-order valence-electron chi connectivity index (χ3n) is 4.50. The molecule has 0 aliphatic heterocycles. The Morgan fingerprint density at radius 2 is 1.90 bits per heavy atom. The molecule has 2 aromatic rings. The summed E-state index contributed by atoms with van der Waals surface area (Å²) in [6.07, 6.45) is 0. The summed E-state index contributed by atoms with van der Waals surface area (Å²) in [6, 6.07) is 4.19. The summed E-state index contributed by atoms with van der Waals surface area (Å²) in [5.41, 5.74) is 11.2. The third-order valence-corrected chi connectivity index (χ3v) is 4.50. The van der Waals surface area contributed by atoms with Crippen LogP contribution in [0.1, 0.15) is 36.6 Å². The molecule has 0 bridgehead atoms. The first-order valence-corrected chi connectivity index (χ1v) is 7.26. The number of fused-ring (bicyclic) bond motifs is 1. The molecule has 2 N–H and O–H groups in total. The number of aryl methyl sites for hydroxylation is 2. The van der Waals surface area contributed by atoms with Crippen molar-refractivity contribution in [3.05, 3.63) is 29.0 Å². The van der Waals surface area contributed by atoms with E-state index in [9.17, 15) is 0 Å². The van der Waals surface area contributed by atoms with Gasteiger partial charge in [0.1, 0.15) is 5.75 Å². The molecule has 0 aliphatic carbocycles. The van der Waals surface area contributed by atoms with Crippen LogP contribution in [-0.2, 0) is 7.05 Å². The van der Waals surface area contributed by atoms with E-state index in [1.807, 2.05) is 6.07 Å². The van der Waals surface area contributed by atoms with E-state index in [4.69, 9.17) is 10.5 Å². The van der Waals surface area contributed by atoms with Gasteiger partial charge in [-0.25, -0.2) is 0 Å². The first-order chi connectivity index (χ1) is 9.43. The van der Waals surface area contributed by atoms with Gasteiger partial charge in [-0.1, -0.05) is 19.9 Å². The molecular formula is C17H26N2O. The highest BCUT2D eigenvalue weighted by molar-refractivity contribution is 5.93. The van der Waals surface area contributed by atoms with Crippen molar-refractivity contribution in [1.29, 1.82) is 0 Å². The molecule has 20 heavy (non-hydrogen) atoms. The largest absolute Gasteiger partial charge is 0.495 e. The number of ether oxygens (including phenoxy) is 1. The molecule has 2 rings (SSSR count). The Labute approximate surface area is 121 Å². The van der Waals surface area contributed by atoms with Crippen molar-refractivity contribution in [3.63, 3.8) is 0 Å². The van der Waals surface area contributed by atoms with E-state index in [0.717, 1.165) is 5.75 Å². The molecule has 1 unspecified atom stereocenters. The lowest BCUT2D eigenvalue weighted by Crippen LogP contribution is -2.18. The Morgan fingerprint density at radius 1 is 1.25 bits per heavy atom. The number of aromatic nitrogens is 1. The Morgan fingerprint density at radius 3 is 2.40 bits per heavy atom. The van der Waals surface area contributed by atoms with E-state index >= 15 is 0 Å². The van der Waals surface area contributed by atoms with E-state index < -0.39 is 0 Å². The van der Waals surface area contributed by atoms with E-state index in [0.29, 0.717) is 18.4 Å². The van der Waals surface area contributed by atoms with E-state index in [-0.39, 0.29) is 0 Å². The molecule has 1 atom stereocenters. The SMILES string of the molecule is COc1ccc(C)c2c(C(CN)C(C)C)c(C)n(C)c12. The van der Waals surface area contributed by atoms with Gasteiger partial charge in [0.2, 0.25) is 0 Å². The number of nitrogens with two attached hydrogens (primary N) is 1. The van der Waals surface area contributed by atoms with Crippen molar-refractivity contribution in [2.24, 2.45) is 18.7 Å². The standard InChI is InChI=1S/C17H26N2O/c1-10(2)13(9-18)16-12(4)19(5)17-14(20-6)8-7-11(3)15(16)17/h7-8,10,13H,9,18H2,1-6H3. The Hall–Kier alpha value is -1.48. The lowest BCUT2D eigenvalue weighted by Gasteiger charge is -2.20. The molecule has 3 heteroatoms. The minimum Gasteiger partial charge on any atom is -0.495 e. The van der Waals surface area contributed by atoms with Crippen molar-refractivity contribution in [3.8, 4) is 5.75 Å². The Kier molecular flexibility index (Phi) is 4.09. The van der Waals surface area contributed by atoms with Crippen molar-refractivity contribution < 1.29 is 4.74 Å². The monoisotopic (exact) mass is 274 g/mol. The average molecular weight is 274 g/mol. The smallest absolute Gasteiger partial charge is 0.143 e. The predicted octanol–water partition coefficient (Wildman–Crippen LogP) is 3.50. The van der Waals surface area contributed by atoms with Crippen molar-refractivity contribution in [1.82, 2.24) is 4.57 Å². The summed E-state index contributed by atoms with van der Waals surface area (Å²) in [7, 11) is 3.84. The Balaban J connectivity index is 2.88. The van der Waals surface area contributed by atoms with Crippen molar-refractivity contribution >= 4 is 10.9 Å².